The molecule has 0 radical (unpaired) electrons. The van der Waals surface area contributed by atoms with Crippen LogP contribution in [0.15, 0.2) is 48.5 Å². The number of hydrogen-bond acceptors (Lipinski definition) is 2. The van der Waals surface area contributed by atoms with Crippen molar-refractivity contribution in [3.63, 3.8) is 0 Å². The lowest BCUT2D eigenvalue weighted by atomic mass is 10.1. The van der Waals surface area contributed by atoms with Crippen LogP contribution in [-0.4, -0.2) is 17.0 Å². The number of hydrogen-bond donors (Lipinski definition) is 2. The zero-order valence-corrected chi connectivity index (χ0v) is 11.0. The van der Waals surface area contributed by atoms with Crippen molar-refractivity contribution in [1.82, 2.24) is 0 Å². The Morgan fingerprint density at radius 2 is 1.65 bits per heavy atom. The van der Waals surface area contributed by atoms with Crippen molar-refractivity contribution in [2.75, 3.05) is 5.32 Å². The Kier molecular flexibility index (Phi) is 5.23. The topological polar surface area (TPSA) is 66.4 Å². The fraction of sp³-hybridized carbons (Fsp3) is 0. The Hall–Kier alpha value is -2.40. The van der Waals surface area contributed by atoms with E-state index in [1.54, 1.807) is 6.07 Å². The van der Waals surface area contributed by atoms with E-state index in [1.165, 1.54) is 36.4 Å². The van der Waals surface area contributed by atoms with Gasteiger partial charge in [0.15, 0.2) is 0 Å². The summed E-state index contributed by atoms with van der Waals surface area (Å²) in [6.07, 6.45) is 0. The Labute approximate surface area is 120 Å². The lowest BCUT2D eigenvalue weighted by Crippen LogP contribution is -2.12. The molecule has 2 aromatic carbocycles. The summed E-state index contributed by atoms with van der Waals surface area (Å²) in [7, 11) is 0. The van der Waals surface area contributed by atoms with E-state index in [0.29, 0.717) is 5.69 Å². The molecule has 0 aromatic heterocycles. The minimum atomic E-state index is -1.08. The van der Waals surface area contributed by atoms with Gasteiger partial charge >= 0.3 is 5.97 Å². The fourth-order valence-electron chi connectivity index (χ4n) is 1.56. The molecule has 0 saturated carbocycles. The lowest BCUT2D eigenvalue weighted by Gasteiger charge is -2.06. The molecule has 0 heterocycles. The molecular weight excluding hydrogens is 285 g/mol. The Morgan fingerprint density at radius 1 is 1.00 bits per heavy atom. The zero-order valence-electron chi connectivity index (χ0n) is 10.2. The van der Waals surface area contributed by atoms with E-state index in [4.69, 9.17) is 5.11 Å². The average molecular weight is 296 g/mol. The Morgan fingerprint density at radius 3 is 2.30 bits per heavy atom. The maximum absolute atomic E-state index is 13.0. The zero-order chi connectivity index (χ0) is 13.8. The number of amides is 1. The van der Waals surface area contributed by atoms with E-state index in [1.807, 2.05) is 0 Å². The van der Waals surface area contributed by atoms with Crippen molar-refractivity contribution in [2.24, 2.45) is 0 Å². The summed E-state index contributed by atoms with van der Waals surface area (Å²) in [6, 6.07) is 11.1. The van der Waals surface area contributed by atoms with Crippen LogP contribution in [0.2, 0.25) is 0 Å². The molecule has 0 bridgehead atoms. The molecule has 1 amide bonds. The van der Waals surface area contributed by atoms with Crippen molar-refractivity contribution in [1.29, 1.82) is 0 Å². The number of benzene rings is 2. The number of carboxylic acids is 1. The molecule has 2 aromatic rings. The fourth-order valence-corrected chi connectivity index (χ4v) is 1.56. The first-order chi connectivity index (χ1) is 9.06. The van der Waals surface area contributed by atoms with Gasteiger partial charge in [-0.3, -0.25) is 4.79 Å². The number of carbonyl (C=O) groups excluding carboxylic acids is 1. The first-order valence-electron chi connectivity index (χ1n) is 5.46. The molecule has 0 aliphatic rings. The molecule has 0 saturated heterocycles. The van der Waals surface area contributed by atoms with Gasteiger partial charge in [-0.05, 0) is 36.4 Å². The highest BCUT2D eigenvalue weighted by atomic mass is 35.5. The standard InChI is InChI=1S/C14H10FNO3.ClH/c15-11-5-1-3-9(7-11)13(17)16-12-6-2-4-10(8-12)14(18)19;/h1-8H,(H,16,17)(H,18,19);1H. The molecule has 0 unspecified atom stereocenters. The second-order valence-corrected chi connectivity index (χ2v) is 3.85. The number of carbonyl (C=O) groups is 2. The number of anilines is 1. The summed E-state index contributed by atoms with van der Waals surface area (Å²) in [6.45, 7) is 0. The molecule has 104 valence electrons. The van der Waals surface area contributed by atoms with Crippen LogP contribution in [0.4, 0.5) is 10.1 Å². The molecule has 0 fully saturated rings. The quantitative estimate of drug-likeness (QED) is 0.914. The van der Waals surface area contributed by atoms with E-state index < -0.39 is 17.7 Å². The third-order valence-corrected chi connectivity index (χ3v) is 2.45. The van der Waals surface area contributed by atoms with Crippen molar-refractivity contribution in [2.45, 2.75) is 0 Å². The molecule has 0 aliphatic heterocycles. The van der Waals surface area contributed by atoms with Crippen LogP contribution in [0.3, 0.4) is 0 Å². The number of rotatable bonds is 3. The van der Waals surface area contributed by atoms with Gasteiger partial charge in [-0.15, -0.1) is 12.4 Å². The molecule has 2 rings (SSSR count). The van der Waals surface area contributed by atoms with Gasteiger partial charge in [0.1, 0.15) is 5.82 Å². The minimum absolute atomic E-state index is 0. The summed E-state index contributed by atoms with van der Waals surface area (Å²) in [4.78, 5) is 22.6. The maximum atomic E-state index is 13.0. The third kappa shape index (κ3) is 3.80. The van der Waals surface area contributed by atoms with Crippen LogP contribution in [0.25, 0.3) is 0 Å². The summed E-state index contributed by atoms with van der Waals surface area (Å²) < 4.78 is 13.0. The number of carboxylic acid groups (broad SMARTS) is 1. The highest BCUT2D eigenvalue weighted by Crippen LogP contribution is 2.13. The van der Waals surface area contributed by atoms with Crippen LogP contribution >= 0.6 is 12.4 Å². The number of halogens is 2. The van der Waals surface area contributed by atoms with Crippen LogP contribution < -0.4 is 5.32 Å². The van der Waals surface area contributed by atoms with Gasteiger partial charge in [-0.1, -0.05) is 12.1 Å². The molecule has 20 heavy (non-hydrogen) atoms. The van der Waals surface area contributed by atoms with Gasteiger partial charge in [0, 0.05) is 11.3 Å². The van der Waals surface area contributed by atoms with Crippen molar-refractivity contribution in [3.8, 4) is 0 Å². The minimum Gasteiger partial charge on any atom is -0.478 e. The smallest absolute Gasteiger partial charge is 0.335 e. The van der Waals surface area contributed by atoms with E-state index >= 15 is 0 Å². The average Bonchev–Trinajstić information content (AvgIpc) is 2.39. The highest BCUT2D eigenvalue weighted by molar-refractivity contribution is 6.04. The first kappa shape index (κ1) is 15.7. The number of nitrogens with one attached hydrogen (secondary N) is 1. The monoisotopic (exact) mass is 295 g/mol. The summed E-state index contributed by atoms with van der Waals surface area (Å²) in [5, 5.41) is 11.3. The van der Waals surface area contributed by atoms with Gasteiger partial charge in [-0.2, -0.15) is 0 Å². The Bertz CT molecular complexity index is 646. The second-order valence-electron chi connectivity index (χ2n) is 3.85. The maximum Gasteiger partial charge on any atom is 0.335 e. The summed E-state index contributed by atoms with van der Waals surface area (Å²) in [5.74, 6) is -2.09. The van der Waals surface area contributed by atoms with Crippen LogP contribution in [-0.2, 0) is 0 Å². The molecule has 0 atom stereocenters. The predicted molar refractivity (Wildman–Crippen MR) is 75.0 cm³/mol. The van der Waals surface area contributed by atoms with Crippen LogP contribution in [0, 0.1) is 5.82 Å². The van der Waals surface area contributed by atoms with E-state index in [9.17, 15) is 14.0 Å². The summed E-state index contributed by atoms with van der Waals surface area (Å²) in [5.41, 5.74) is 0.576. The van der Waals surface area contributed by atoms with Crippen molar-refractivity contribution in [3.05, 3.63) is 65.5 Å². The highest BCUT2D eigenvalue weighted by Gasteiger charge is 2.08. The molecule has 4 nitrogen and oxygen atoms in total. The van der Waals surface area contributed by atoms with E-state index in [-0.39, 0.29) is 23.5 Å². The van der Waals surface area contributed by atoms with Gasteiger partial charge in [0.25, 0.3) is 5.91 Å². The number of aromatic carboxylic acids is 1. The predicted octanol–water partition coefficient (Wildman–Crippen LogP) is 3.20. The largest absolute Gasteiger partial charge is 0.478 e. The molecule has 2 N–H and O–H groups in total. The van der Waals surface area contributed by atoms with Gasteiger partial charge in [0.05, 0.1) is 5.56 Å². The van der Waals surface area contributed by atoms with Crippen LogP contribution in [0.1, 0.15) is 20.7 Å². The SMILES string of the molecule is Cl.O=C(O)c1cccc(NC(=O)c2cccc(F)c2)c1. The molecule has 6 heteroatoms. The second kappa shape index (κ2) is 6.68. The van der Waals surface area contributed by atoms with Crippen molar-refractivity contribution >= 4 is 30.0 Å². The van der Waals surface area contributed by atoms with Gasteiger partial charge < -0.3 is 10.4 Å². The van der Waals surface area contributed by atoms with Gasteiger partial charge in [-0.25, -0.2) is 9.18 Å². The lowest BCUT2D eigenvalue weighted by molar-refractivity contribution is 0.0696. The van der Waals surface area contributed by atoms with E-state index in [0.717, 1.165) is 6.07 Å². The van der Waals surface area contributed by atoms with Crippen molar-refractivity contribution < 1.29 is 19.1 Å². The third-order valence-electron chi connectivity index (χ3n) is 2.45. The van der Waals surface area contributed by atoms with Gasteiger partial charge in [0.2, 0.25) is 0 Å². The summed E-state index contributed by atoms with van der Waals surface area (Å²) >= 11 is 0. The van der Waals surface area contributed by atoms with E-state index in [2.05, 4.69) is 5.32 Å². The first-order valence-corrected chi connectivity index (χ1v) is 5.46. The normalized spacial score (nSPS) is 9.45. The molecular formula is C14H11ClFNO3. The molecule has 0 aliphatic carbocycles. The Balaban J connectivity index is 0.00000200. The molecule has 0 spiro atoms. The van der Waals surface area contributed by atoms with Crippen LogP contribution in [0.5, 0.6) is 0 Å².